The molecule has 0 fully saturated rings. The summed E-state index contributed by atoms with van der Waals surface area (Å²) in [6.07, 6.45) is 4.68. The van der Waals surface area contributed by atoms with Crippen molar-refractivity contribution in [2.24, 2.45) is 5.92 Å². The maximum absolute atomic E-state index is 13.3. The molecule has 0 bridgehead atoms. The van der Waals surface area contributed by atoms with E-state index in [1.54, 1.807) is 39.0 Å². The summed E-state index contributed by atoms with van der Waals surface area (Å²) in [5.74, 6) is -3.59. The van der Waals surface area contributed by atoms with Crippen LogP contribution in [0.1, 0.15) is 45.7 Å². The Kier molecular flexibility index (Phi) is 7.14. The van der Waals surface area contributed by atoms with Crippen LogP contribution in [0.2, 0.25) is 0 Å². The van der Waals surface area contributed by atoms with Crippen molar-refractivity contribution in [2.75, 3.05) is 0 Å². The molecule has 0 amide bonds. The van der Waals surface area contributed by atoms with Crippen LogP contribution in [0.4, 0.5) is 0 Å². The Labute approximate surface area is 203 Å². The molecule has 3 atom stereocenters. The maximum Gasteiger partial charge on any atom is 0.314 e. The highest BCUT2D eigenvalue weighted by Crippen LogP contribution is 2.38. The number of ether oxygens (including phenoxy) is 3. The van der Waals surface area contributed by atoms with Gasteiger partial charge in [0.15, 0.2) is 0 Å². The molecule has 8 nitrogen and oxygen atoms in total. The van der Waals surface area contributed by atoms with Crippen LogP contribution in [0, 0.1) is 12.8 Å². The van der Waals surface area contributed by atoms with Crippen molar-refractivity contribution in [3.63, 3.8) is 0 Å². The SMILES string of the molecule is CC=C(C)C(OC(C)=O)C(C)C(=O)OC1(C)C(=O)C=C2C=C(c3c(C)cccc3O)OC=C2C1=O. The summed E-state index contributed by atoms with van der Waals surface area (Å²) in [5, 5.41) is 10.2. The average Bonchev–Trinajstić information content (AvgIpc) is 2.80. The van der Waals surface area contributed by atoms with E-state index in [9.17, 15) is 24.3 Å². The molecule has 1 aliphatic heterocycles. The summed E-state index contributed by atoms with van der Waals surface area (Å²) in [6.45, 7) is 9.18. The number of allylic oxidation sites excluding steroid dienone is 3. The van der Waals surface area contributed by atoms with Crippen molar-refractivity contribution >= 4 is 29.3 Å². The molecule has 1 N–H and O–H groups in total. The number of carbonyl (C=O) groups is 4. The zero-order valence-electron chi connectivity index (χ0n) is 20.5. The standard InChI is InChI=1S/C27H28O8/c1-7-14(2)24(34-17(5)28)16(4)26(32)35-27(6)22(30)12-18-11-21(33-13-19(18)25(27)31)23-15(3)9-8-10-20(23)29/h7-13,16,24,29H,1-6H3. The van der Waals surface area contributed by atoms with Gasteiger partial charge in [-0.1, -0.05) is 18.2 Å². The number of hydrogen-bond donors (Lipinski definition) is 1. The van der Waals surface area contributed by atoms with Crippen LogP contribution in [0.15, 0.2) is 59.4 Å². The lowest BCUT2D eigenvalue weighted by atomic mass is 9.80. The Hall–Kier alpha value is -3.94. The molecule has 3 rings (SSSR count). The van der Waals surface area contributed by atoms with Crippen LogP contribution in [-0.4, -0.2) is 40.3 Å². The molecule has 8 heteroatoms. The lowest BCUT2D eigenvalue weighted by Gasteiger charge is -2.33. The number of benzene rings is 1. The third-order valence-electron chi connectivity index (χ3n) is 6.16. The average molecular weight is 481 g/mol. The number of phenolic OH excluding ortho intramolecular Hbond substituents is 1. The van der Waals surface area contributed by atoms with E-state index in [0.29, 0.717) is 11.1 Å². The Morgan fingerprint density at radius 1 is 1.17 bits per heavy atom. The largest absolute Gasteiger partial charge is 0.507 e. The minimum atomic E-state index is -2.11. The molecule has 1 aromatic carbocycles. The van der Waals surface area contributed by atoms with Crippen LogP contribution < -0.4 is 0 Å². The second-order valence-electron chi connectivity index (χ2n) is 8.73. The fraction of sp³-hybridized carbons (Fsp3) is 0.333. The molecule has 0 radical (unpaired) electrons. The van der Waals surface area contributed by atoms with Gasteiger partial charge in [-0.25, -0.2) is 0 Å². The van der Waals surface area contributed by atoms with Gasteiger partial charge in [0.05, 0.1) is 17.1 Å². The molecule has 2 aliphatic rings. The Morgan fingerprint density at radius 3 is 2.46 bits per heavy atom. The third-order valence-corrected chi connectivity index (χ3v) is 6.16. The van der Waals surface area contributed by atoms with Crippen molar-refractivity contribution in [1.29, 1.82) is 0 Å². The Bertz CT molecular complexity index is 1210. The van der Waals surface area contributed by atoms with E-state index in [2.05, 4.69) is 0 Å². The van der Waals surface area contributed by atoms with Gasteiger partial charge in [-0.2, -0.15) is 0 Å². The van der Waals surface area contributed by atoms with Crippen LogP contribution in [0.25, 0.3) is 5.76 Å². The molecule has 0 spiro atoms. The number of hydrogen-bond acceptors (Lipinski definition) is 8. The smallest absolute Gasteiger partial charge is 0.314 e. The molecule has 0 aromatic heterocycles. The second-order valence-corrected chi connectivity index (χ2v) is 8.73. The number of Topliss-reactive ketones (excluding diaryl/α,β-unsaturated/α-hetero) is 1. The number of carbonyl (C=O) groups excluding carboxylic acids is 4. The normalized spacial score (nSPS) is 21.5. The molecule has 1 aromatic rings. The van der Waals surface area contributed by atoms with E-state index in [1.165, 1.54) is 45.3 Å². The van der Waals surface area contributed by atoms with Crippen LogP contribution in [-0.2, 0) is 33.4 Å². The number of phenols is 1. The maximum atomic E-state index is 13.3. The third kappa shape index (κ3) is 4.82. The van der Waals surface area contributed by atoms with E-state index in [-0.39, 0.29) is 22.7 Å². The molecular weight excluding hydrogens is 452 g/mol. The first-order chi connectivity index (χ1) is 16.4. The van der Waals surface area contributed by atoms with Gasteiger partial charge in [0, 0.05) is 6.92 Å². The quantitative estimate of drug-likeness (QED) is 0.371. The predicted octanol–water partition coefficient (Wildman–Crippen LogP) is 3.87. The molecule has 0 saturated carbocycles. The van der Waals surface area contributed by atoms with E-state index in [1.807, 2.05) is 0 Å². The first kappa shape index (κ1) is 25.7. The first-order valence-electron chi connectivity index (χ1n) is 11.1. The lowest BCUT2D eigenvalue weighted by molar-refractivity contribution is -0.175. The fourth-order valence-corrected chi connectivity index (χ4v) is 3.95. The molecule has 1 aliphatic carbocycles. The Morgan fingerprint density at radius 2 is 1.86 bits per heavy atom. The van der Waals surface area contributed by atoms with Crippen molar-refractivity contribution in [1.82, 2.24) is 0 Å². The highest BCUT2D eigenvalue weighted by Gasteiger charge is 2.50. The van der Waals surface area contributed by atoms with E-state index < -0.39 is 41.1 Å². The van der Waals surface area contributed by atoms with E-state index >= 15 is 0 Å². The number of fused-ring (bicyclic) bond motifs is 1. The minimum Gasteiger partial charge on any atom is -0.507 e. The number of ketones is 2. The number of aromatic hydroxyl groups is 1. The highest BCUT2D eigenvalue weighted by molar-refractivity contribution is 6.26. The zero-order chi connectivity index (χ0) is 26.1. The second kappa shape index (κ2) is 9.74. The highest BCUT2D eigenvalue weighted by atomic mass is 16.6. The molecule has 184 valence electrons. The van der Waals surface area contributed by atoms with Gasteiger partial charge in [0.2, 0.25) is 17.2 Å². The van der Waals surface area contributed by atoms with E-state index in [0.717, 1.165) is 5.56 Å². The minimum absolute atomic E-state index is 0.00586. The summed E-state index contributed by atoms with van der Waals surface area (Å²) in [5.41, 5.74) is 0.0456. The first-order valence-corrected chi connectivity index (χ1v) is 11.1. The summed E-state index contributed by atoms with van der Waals surface area (Å²) in [6, 6.07) is 4.99. The molecule has 1 heterocycles. The van der Waals surface area contributed by atoms with Crippen LogP contribution in [0.3, 0.4) is 0 Å². The van der Waals surface area contributed by atoms with Crippen LogP contribution >= 0.6 is 0 Å². The summed E-state index contributed by atoms with van der Waals surface area (Å²) in [7, 11) is 0. The van der Waals surface area contributed by atoms with Gasteiger partial charge >= 0.3 is 11.9 Å². The van der Waals surface area contributed by atoms with Gasteiger partial charge in [-0.05, 0) is 69.5 Å². The molecular formula is C27H28O8. The van der Waals surface area contributed by atoms with E-state index in [4.69, 9.17) is 14.2 Å². The van der Waals surface area contributed by atoms with Crippen molar-refractivity contribution in [3.05, 3.63) is 70.5 Å². The van der Waals surface area contributed by atoms with Crippen molar-refractivity contribution in [3.8, 4) is 5.75 Å². The Balaban J connectivity index is 1.91. The predicted molar refractivity (Wildman–Crippen MR) is 127 cm³/mol. The summed E-state index contributed by atoms with van der Waals surface area (Å²) < 4.78 is 16.4. The monoisotopic (exact) mass is 480 g/mol. The van der Waals surface area contributed by atoms with Gasteiger partial charge in [-0.3, -0.25) is 19.2 Å². The summed E-state index contributed by atoms with van der Waals surface area (Å²) in [4.78, 5) is 50.8. The molecule has 0 saturated heterocycles. The zero-order valence-corrected chi connectivity index (χ0v) is 20.5. The summed E-state index contributed by atoms with van der Waals surface area (Å²) >= 11 is 0. The molecule has 35 heavy (non-hydrogen) atoms. The van der Waals surface area contributed by atoms with Crippen LogP contribution in [0.5, 0.6) is 5.75 Å². The van der Waals surface area contributed by atoms with Crippen molar-refractivity contribution in [2.45, 2.75) is 53.2 Å². The number of rotatable bonds is 6. The number of esters is 2. The number of aryl methyl sites for hydroxylation is 1. The van der Waals surface area contributed by atoms with Crippen molar-refractivity contribution < 1.29 is 38.5 Å². The van der Waals surface area contributed by atoms with Gasteiger partial charge in [-0.15, -0.1) is 0 Å². The topological polar surface area (TPSA) is 116 Å². The van der Waals surface area contributed by atoms with Gasteiger partial charge in [0.25, 0.3) is 0 Å². The molecule has 3 unspecified atom stereocenters. The van der Waals surface area contributed by atoms with Gasteiger partial charge in [0.1, 0.15) is 23.9 Å². The van der Waals surface area contributed by atoms with Gasteiger partial charge < -0.3 is 19.3 Å². The fourth-order valence-electron chi connectivity index (χ4n) is 3.95. The lowest BCUT2D eigenvalue weighted by Crippen LogP contribution is -2.52.